The van der Waals surface area contributed by atoms with Crippen LogP contribution in [0.4, 0.5) is 0 Å². The van der Waals surface area contributed by atoms with Crippen LogP contribution in [0.3, 0.4) is 0 Å². The molecule has 0 aliphatic rings. The topological polar surface area (TPSA) is 64.3 Å². The van der Waals surface area contributed by atoms with E-state index in [1.165, 1.54) is 25.7 Å². The van der Waals surface area contributed by atoms with E-state index in [-0.39, 0.29) is 12.5 Å². The summed E-state index contributed by atoms with van der Waals surface area (Å²) < 4.78 is 7.57. The fraction of sp³-hybridized carbons (Fsp3) is 0.474. The highest BCUT2D eigenvalue weighted by Crippen LogP contribution is 2.24. The van der Waals surface area contributed by atoms with Gasteiger partial charge in [-0.2, -0.15) is 0 Å². The molecule has 24 heavy (non-hydrogen) atoms. The largest absolute Gasteiger partial charge is 0.494 e. The number of rotatable bonds is 11. The fourth-order valence-corrected chi connectivity index (χ4v) is 2.70. The van der Waals surface area contributed by atoms with E-state index in [0.717, 1.165) is 24.3 Å². The Morgan fingerprint density at radius 1 is 1.21 bits per heavy atom. The SMILES string of the molecule is CCCCCCCOc1ccc(C(CC(=O)O)n2ccnc2)cc1. The van der Waals surface area contributed by atoms with E-state index in [1.807, 2.05) is 28.8 Å². The monoisotopic (exact) mass is 330 g/mol. The molecule has 5 nitrogen and oxygen atoms in total. The van der Waals surface area contributed by atoms with Crippen LogP contribution in [0.1, 0.15) is 57.1 Å². The van der Waals surface area contributed by atoms with Crippen LogP contribution in [-0.2, 0) is 4.79 Å². The Hall–Kier alpha value is -2.30. The average Bonchev–Trinajstić information content (AvgIpc) is 3.11. The molecule has 2 rings (SSSR count). The van der Waals surface area contributed by atoms with Crippen molar-refractivity contribution in [2.75, 3.05) is 6.61 Å². The summed E-state index contributed by atoms with van der Waals surface area (Å²) in [5.41, 5.74) is 0.936. The molecule has 0 amide bonds. The van der Waals surface area contributed by atoms with E-state index in [4.69, 9.17) is 9.84 Å². The number of hydrogen-bond donors (Lipinski definition) is 1. The van der Waals surface area contributed by atoms with Gasteiger partial charge in [-0.05, 0) is 24.1 Å². The minimum Gasteiger partial charge on any atom is -0.494 e. The molecule has 0 spiro atoms. The van der Waals surface area contributed by atoms with E-state index in [9.17, 15) is 4.79 Å². The lowest BCUT2D eigenvalue weighted by molar-refractivity contribution is -0.137. The maximum atomic E-state index is 11.1. The minimum atomic E-state index is -0.832. The minimum absolute atomic E-state index is 0.0218. The number of imidazole rings is 1. The molecule has 0 saturated carbocycles. The zero-order chi connectivity index (χ0) is 17.2. The third-order valence-corrected chi connectivity index (χ3v) is 4.03. The lowest BCUT2D eigenvalue weighted by Gasteiger charge is -2.17. The summed E-state index contributed by atoms with van der Waals surface area (Å²) in [5.74, 6) is -0.00458. The van der Waals surface area contributed by atoms with E-state index in [0.29, 0.717) is 0 Å². The third kappa shape index (κ3) is 5.72. The van der Waals surface area contributed by atoms with Gasteiger partial charge in [0, 0.05) is 12.4 Å². The highest BCUT2D eigenvalue weighted by molar-refractivity contribution is 5.68. The average molecular weight is 330 g/mol. The van der Waals surface area contributed by atoms with Crippen LogP contribution < -0.4 is 4.74 Å². The molecule has 0 radical (unpaired) electrons. The molecular weight excluding hydrogens is 304 g/mol. The fourth-order valence-electron chi connectivity index (χ4n) is 2.70. The van der Waals surface area contributed by atoms with Crippen molar-refractivity contribution in [3.8, 4) is 5.75 Å². The second-order valence-electron chi connectivity index (χ2n) is 5.96. The molecule has 0 aliphatic heterocycles. The Labute approximate surface area is 143 Å². The number of carbonyl (C=O) groups is 1. The van der Waals surface area contributed by atoms with Crippen molar-refractivity contribution >= 4 is 5.97 Å². The van der Waals surface area contributed by atoms with Gasteiger partial charge in [0.1, 0.15) is 5.75 Å². The standard InChI is InChI=1S/C19H26N2O3/c1-2-3-4-5-6-13-24-17-9-7-16(8-10-17)18(14-19(22)23)21-12-11-20-15-21/h7-12,15,18H,2-6,13-14H2,1H3,(H,22,23). The normalized spacial score (nSPS) is 12.0. The molecule has 1 heterocycles. The van der Waals surface area contributed by atoms with Crippen molar-refractivity contribution in [2.24, 2.45) is 0 Å². The van der Waals surface area contributed by atoms with Gasteiger partial charge in [0.05, 0.1) is 25.4 Å². The second-order valence-corrected chi connectivity index (χ2v) is 5.96. The molecule has 5 heteroatoms. The van der Waals surface area contributed by atoms with E-state index >= 15 is 0 Å². The highest BCUT2D eigenvalue weighted by Gasteiger charge is 2.17. The molecular formula is C19H26N2O3. The lowest BCUT2D eigenvalue weighted by atomic mass is 10.0. The quantitative estimate of drug-likeness (QED) is 0.624. The van der Waals surface area contributed by atoms with Crippen molar-refractivity contribution in [1.29, 1.82) is 0 Å². The molecule has 1 N–H and O–H groups in total. The highest BCUT2D eigenvalue weighted by atomic mass is 16.5. The zero-order valence-corrected chi connectivity index (χ0v) is 14.2. The Balaban J connectivity index is 1.90. The van der Waals surface area contributed by atoms with Gasteiger partial charge in [-0.1, -0.05) is 44.7 Å². The molecule has 0 bridgehead atoms. The number of benzene rings is 1. The van der Waals surface area contributed by atoms with Crippen LogP contribution in [0.15, 0.2) is 43.0 Å². The van der Waals surface area contributed by atoms with Crippen molar-refractivity contribution < 1.29 is 14.6 Å². The number of carboxylic acid groups (broad SMARTS) is 1. The summed E-state index contributed by atoms with van der Waals surface area (Å²) in [6.45, 7) is 2.93. The maximum Gasteiger partial charge on any atom is 0.305 e. The van der Waals surface area contributed by atoms with Crippen LogP contribution in [0.5, 0.6) is 5.75 Å². The van der Waals surface area contributed by atoms with Crippen LogP contribution in [-0.4, -0.2) is 27.2 Å². The second kappa shape index (κ2) is 9.75. The molecule has 1 atom stereocenters. The molecule has 1 aromatic carbocycles. The smallest absolute Gasteiger partial charge is 0.305 e. The Morgan fingerprint density at radius 2 is 1.96 bits per heavy atom. The van der Waals surface area contributed by atoms with Crippen LogP contribution in [0, 0.1) is 0 Å². The van der Waals surface area contributed by atoms with Gasteiger partial charge < -0.3 is 14.4 Å². The van der Waals surface area contributed by atoms with Crippen molar-refractivity contribution in [3.05, 3.63) is 48.5 Å². The van der Waals surface area contributed by atoms with Gasteiger partial charge in [0.25, 0.3) is 0 Å². The molecule has 0 aliphatic carbocycles. The molecule has 2 aromatic rings. The molecule has 0 saturated heterocycles. The van der Waals surface area contributed by atoms with Crippen LogP contribution >= 0.6 is 0 Å². The third-order valence-electron chi connectivity index (χ3n) is 4.03. The summed E-state index contributed by atoms with van der Waals surface area (Å²) in [5, 5.41) is 9.15. The Bertz CT molecular complexity index is 594. The van der Waals surface area contributed by atoms with Crippen molar-refractivity contribution in [1.82, 2.24) is 9.55 Å². The zero-order valence-electron chi connectivity index (χ0n) is 14.2. The van der Waals surface area contributed by atoms with Crippen LogP contribution in [0.25, 0.3) is 0 Å². The van der Waals surface area contributed by atoms with Gasteiger partial charge in [-0.3, -0.25) is 4.79 Å². The molecule has 1 unspecified atom stereocenters. The summed E-state index contributed by atoms with van der Waals surface area (Å²) in [6.07, 6.45) is 11.2. The predicted molar refractivity (Wildman–Crippen MR) is 93.3 cm³/mol. The number of unbranched alkanes of at least 4 members (excludes halogenated alkanes) is 4. The first-order valence-corrected chi connectivity index (χ1v) is 8.62. The number of aliphatic carboxylic acids is 1. The Kier molecular flexibility index (Phi) is 7.33. The summed E-state index contributed by atoms with van der Waals surface area (Å²) in [6, 6.07) is 7.42. The van der Waals surface area contributed by atoms with Crippen molar-refractivity contribution in [2.45, 2.75) is 51.5 Å². The summed E-state index contributed by atoms with van der Waals surface area (Å²) in [7, 11) is 0. The van der Waals surface area contributed by atoms with Gasteiger partial charge >= 0.3 is 5.97 Å². The number of aromatic nitrogens is 2. The first-order valence-electron chi connectivity index (χ1n) is 8.62. The summed E-state index contributed by atoms with van der Waals surface area (Å²) >= 11 is 0. The summed E-state index contributed by atoms with van der Waals surface area (Å²) in [4.78, 5) is 15.1. The first kappa shape index (κ1) is 18.0. The van der Waals surface area contributed by atoms with Gasteiger partial charge in [-0.15, -0.1) is 0 Å². The number of carboxylic acids is 1. The molecule has 1 aromatic heterocycles. The Morgan fingerprint density at radius 3 is 2.58 bits per heavy atom. The maximum absolute atomic E-state index is 11.1. The predicted octanol–water partition coefficient (Wildman–Crippen LogP) is 4.30. The molecule has 130 valence electrons. The van der Waals surface area contributed by atoms with Gasteiger partial charge in [0.15, 0.2) is 0 Å². The first-order chi connectivity index (χ1) is 11.7. The number of hydrogen-bond acceptors (Lipinski definition) is 3. The number of ether oxygens (including phenoxy) is 1. The molecule has 0 fully saturated rings. The van der Waals surface area contributed by atoms with Crippen LogP contribution in [0.2, 0.25) is 0 Å². The van der Waals surface area contributed by atoms with E-state index in [1.54, 1.807) is 18.7 Å². The van der Waals surface area contributed by atoms with E-state index < -0.39 is 5.97 Å². The van der Waals surface area contributed by atoms with Crippen molar-refractivity contribution in [3.63, 3.8) is 0 Å². The van der Waals surface area contributed by atoms with E-state index in [2.05, 4.69) is 11.9 Å². The number of nitrogens with zero attached hydrogens (tertiary/aromatic N) is 2. The lowest BCUT2D eigenvalue weighted by Crippen LogP contribution is -2.13. The van der Waals surface area contributed by atoms with Gasteiger partial charge in [0.2, 0.25) is 0 Å². The van der Waals surface area contributed by atoms with Gasteiger partial charge in [-0.25, -0.2) is 4.98 Å².